The Hall–Kier alpha value is -0.240. The van der Waals surface area contributed by atoms with E-state index in [1.165, 1.54) is 14.1 Å². The van der Waals surface area contributed by atoms with E-state index in [1.807, 2.05) is 0 Å². The number of nitrogens with two attached hydrogens (primary N) is 1. The maximum atomic E-state index is 11.3. The fraction of sp³-hybridized carbons (Fsp3) is 0.857. The van der Waals surface area contributed by atoms with Crippen LogP contribution >= 0.6 is 12.2 Å². The van der Waals surface area contributed by atoms with Crippen molar-refractivity contribution >= 4 is 27.4 Å². The molecule has 0 aliphatic heterocycles. The van der Waals surface area contributed by atoms with Crippen LogP contribution in [-0.2, 0) is 10.2 Å². The Morgan fingerprint density at radius 2 is 1.93 bits per heavy atom. The lowest BCUT2D eigenvalue weighted by Crippen LogP contribution is -2.45. The second-order valence-corrected chi connectivity index (χ2v) is 6.27. The molecule has 0 radical (unpaired) electrons. The standard InChI is InChI=1S/C7H17N3O2S2/c1-7(2,6(8)13)5-9-14(11,12)10(3)4/h9H,5H2,1-4H3,(H2,8,13). The molecular weight excluding hydrogens is 222 g/mol. The quantitative estimate of drug-likeness (QED) is 0.646. The first kappa shape index (κ1) is 13.8. The topological polar surface area (TPSA) is 75.4 Å². The lowest BCUT2D eigenvalue weighted by molar-refractivity contribution is 0.469. The molecule has 0 unspecified atom stereocenters. The van der Waals surface area contributed by atoms with Crippen LogP contribution < -0.4 is 10.5 Å². The van der Waals surface area contributed by atoms with Crippen molar-refractivity contribution < 1.29 is 8.42 Å². The smallest absolute Gasteiger partial charge is 0.278 e. The van der Waals surface area contributed by atoms with Crippen LogP contribution in [0.4, 0.5) is 0 Å². The van der Waals surface area contributed by atoms with Gasteiger partial charge in [-0.15, -0.1) is 0 Å². The van der Waals surface area contributed by atoms with Crippen molar-refractivity contribution in [2.75, 3.05) is 20.6 Å². The maximum absolute atomic E-state index is 11.3. The van der Waals surface area contributed by atoms with Gasteiger partial charge in [0.2, 0.25) is 0 Å². The summed E-state index contributed by atoms with van der Waals surface area (Å²) in [6.07, 6.45) is 0. The van der Waals surface area contributed by atoms with Gasteiger partial charge >= 0.3 is 0 Å². The molecular formula is C7H17N3O2S2. The summed E-state index contributed by atoms with van der Waals surface area (Å²) in [5.41, 5.74) is 4.94. The molecule has 0 aromatic carbocycles. The molecule has 0 saturated heterocycles. The molecule has 0 aromatic heterocycles. The van der Waals surface area contributed by atoms with Crippen LogP contribution in [0.25, 0.3) is 0 Å². The minimum absolute atomic E-state index is 0.197. The molecule has 0 saturated carbocycles. The second-order valence-electron chi connectivity index (χ2n) is 3.86. The zero-order valence-electron chi connectivity index (χ0n) is 8.86. The van der Waals surface area contributed by atoms with Crippen LogP contribution in [0, 0.1) is 5.41 Å². The van der Waals surface area contributed by atoms with Crippen LogP contribution in [0.15, 0.2) is 0 Å². The summed E-state index contributed by atoms with van der Waals surface area (Å²) in [7, 11) is -0.488. The van der Waals surface area contributed by atoms with Crippen LogP contribution in [-0.4, -0.2) is 38.4 Å². The van der Waals surface area contributed by atoms with Crippen LogP contribution in [0.2, 0.25) is 0 Å². The molecule has 5 nitrogen and oxygen atoms in total. The SMILES string of the molecule is CN(C)S(=O)(=O)NCC(C)(C)C(N)=S. The van der Waals surface area contributed by atoms with Gasteiger partial charge < -0.3 is 5.73 Å². The molecule has 3 N–H and O–H groups in total. The van der Waals surface area contributed by atoms with Crippen molar-refractivity contribution in [3.8, 4) is 0 Å². The molecule has 0 bridgehead atoms. The largest absolute Gasteiger partial charge is 0.393 e. The van der Waals surface area contributed by atoms with Crippen LogP contribution in [0.5, 0.6) is 0 Å². The van der Waals surface area contributed by atoms with Crippen molar-refractivity contribution in [2.45, 2.75) is 13.8 Å². The number of nitrogens with zero attached hydrogens (tertiary/aromatic N) is 1. The Labute approximate surface area is 90.8 Å². The monoisotopic (exact) mass is 239 g/mol. The third kappa shape index (κ3) is 3.87. The Balaban J connectivity index is 4.41. The lowest BCUT2D eigenvalue weighted by atomic mass is 9.94. The Bertz CT molecular complexity index is 309. The molecule has 84 valence electrons. The molecule has 0 aromatic rings. The average molecular weight is 239 g/mol. The second kappa shape index (κ2) is 4.52. The van der Waals surface area contributed by atoms with Crippen molar-refractivity contribution in [1.82, 2.24) is 9.03 Å². The number of hydrogen-bond acceptors (Lipinski definition) is 3. The number of nitrogens with one attached hydrogen (secondary N) is 1. The van der Waals surface area contributed by atoms with E-state index in [-0.39, 0.29) is 6.54 Å². The summed E-state index contributed by atoms with van der Waals surface area (Å²) in [6.45, 7) is 3.77. The first-order valence-electron chi connectivity index (χ1n) is 4.06. The molecule has 0 fully saturated rings. The van der Waals surface area contributed by atoms with E-state index >= 15 is 0 Å². The van der Waals surface area contributed by atoms with Crippen molar-refractivity contribution in [3.05, 3.63) is 0 Å². The molecule has 0 rings (SSSR count). The summed E-state index contributed by atoms with van der Waals surface area (Å²) >= 11 is 4.81. The molecule has 7 heteroatoms. The highest BCUT2D eigenvalue weighted by atomic mass is 32.2. The van der Waals surface area contributed by atoms with E-state index in [4.69, 9.17) is 18.0 Å². The van der Waals surface area contributed by atoms with Gasteiger partial charge in [-0.2, -0.15) is 12.7 Å². The molecule has 14 heavy (non-hydrogen) atoms. The van der Waals surface area contributed by atoms with E-state index in [1.54, 1.807) is 13.8 Å². The minimum Gasteiger partial charge on any atom is -0.393 e. The highest BCUT2D eigenvalue weighted by molar-refractivity contribution is 7.87. The predicted molar refractivity (Wildman–Crippen MR) is 61.2 cm³/mol. The summed E-state index contributed by atoms with van der Waals surface area (Å²) in [5, 5.41) is 0. The molecule has 0 aliphatic rings. The Morgan fingerprint density at radius 1 is 1.50 bits per heavy atom. The van der Waals surface area contributed by atoms with Gasteiger partial charge in [0.25, 0.3) is 10.2 Å². The van der Waals surface area contributed by atoms with Gasteiger partial charge in [0, 0.05) is 26.1 Å². The van der Waals surface area contributed by atoms with Crippen LogP contribution in [0.1, 0.15) is 13.8 Å². The number of thiocarbonyl (C=S) groups is 1. The van der Waals surface area contributed by atoms with Gasteiger partial charge in [-0.3, -0.25) is 0 Å². The lowest BCUT2D eigenvalue weighted by Gasteiger charge is -2.24. The third-order valence-electron chi connectivity index (χ3n) is 1.84. The Kier molecular flexibility index (Phi) is 4.44. The van der Waals surface area contributed by atoms with Gasteiger partial charge in [-0.1, -0.05) is 26.1 Å². The van der Waals surface area contributed by atoms with Gasteiger partial charge in [0.15, 0.2) is 0 Å². The molecule has 0 spiro atoms. The van der Waals surface area contributed by atoms with E-state index in [0.717, 1.165) is 4.31 Å². The fourth-order valence-electron chi connectivity index (χ4n) is 0.488. The number of hydrogen-bond donors (Lipinski definition) is 2. The van der Waals surface area contributed by atoms with E-state index in [2.05, 4.69) is 4.72 Å². The maximum Gasteiger partial charge on any atom is 0.278 e. The summed E-state index contributed by atoms with van der Waals surface area (Å²) in [5.74, 6) is 0. The highest BCUT2D eigenvalue weighted by Crippen LogP contribution is 2.13. The normalized spacial score (nSPS) is 13.2. The summed E-state index contributed by atoms with van der Waals surface area (Å²) in [6, 6.07) is 0. The van der Waals surface area contributed by atoms with E-state index in [0.29, 0.717) is 4.99 Å². The first-order chi connectivity index (χ1) is 6.09. The fourth-order valence-corrected chi connectivity index (χ4v) is 1.36. The van der Waals surface area contributed by atoms with Crippen molar-refractivity contribution in [1.29, 1.82) is 0 Å². The van der Waals surface area contributed by atoms with Gasteiger partial charge in [0.1, 0.15) is 0 Å². The van der Waals surface area contributed by atoms with E-state index in [9.17, 15) is 8.42 Å². The van der Waals surface area contributed by atoms with Gasteiger partial charge in [-0.25, -0.2) is 4.72 Å². The third-order valence-corrected chi connectivity index (χ3v) is 3.87. The first-order valence-corrected chi connectivity index (χ1v) is 5.91. The van der Waals surface area contributed by atoms with Crippen molar-refractivity contribution in [2.24, 2.45) is 11.1 Å². The summed E-state index contributed by atoms with van der Waals surface area (Å²) in [4.78, 5) is 0.291. The van der Waals surface area contributed by atoms with Crippen LogP contribution in [0.3, 0.4) is 0 Å². The molecule has 0 amide bonds. The Morgan fingerprint density at radius 3 is 2.21 bits per heavy atom. The van der Waals surface area contributed by atoms with Gasteiger partial charge in [0.05, 0.1) is 4.99 Å². The minimum atomic E-state index is -3.40. The van der Waals surface area contributed by atoms with Crippen molar-refractivity contribution in [3.63, 3.8) is 0 Å². The molecule has 0 heterocycles. The molecule has 0 aliphatic carbocycles. The zero-order chi connectivity index (χ0) is 11.6. The average Bonchev–Trinajstić information content (AvgIpc) is 2.01. The molecule has 0 atom stereocenters. The van der Waals surface area contributed by atoms with Gasteiger partial charge in [-0.05, 0) is 0 Å². The predicted octanol–water partition coefficient (Wildman–Crippen LogP) is -0.305. The highest BCUT2D eigenvalue weighted by Gasteiger charge is 2.24. The summed E-state index contributed by atoms with van der Waals surface area (Å²) < 4.78 is 26.2. The number of rotatable bonds is 5. The van der Waals surface area contributed by atoms with E-state index < -0.39 is 15.6 Å². The zero-order valence-corrected chi connectivity index (χ0v) is 10.5.